The van der Waals surface area contributed by atoms with Crippen molar-refractivity contribution in [3.05, 3.63) is 0 Å². The van der Waals surface area contributed by atoms with Gasteiger partial charge < -0.3 is 19.3 Å². The molecule has 0 spiro atoms. The molecule has 4 unspecified atom stereocenters. The quantitative estimate of drug-likeness (QED) is 0.244. The van der Waals surface area contributed by atoms with Gasteiger partial charge in [0.1, 0.15) is 5.60 Å². The zero-order valence-corrected chi connectivity index (χ0v) is 26.4. The minimum Gasteiger partial charge on any atom is -0.459 e. The molecule has 2 saturated heterocycles. The van der Waals surface area contributed by atoms with Gasteiger partial charge in [0.15, 0.2) is 0 Å². The number of carbonyl (C=O) groups is 1. The van der Waals surface area contributed by atoms with E-state index in [-0.39, 0.29) is 47.8 Å². The van der Waals surface area contributed by atoms with E-state index >= 15 is 0 Å². The molecule has 2 heterocycles. The van der Waals surface area contributed by atoms with Gasteiger partial charge >= 0.3 is 5.97 Å². The third-order valence-corrected chi connectivity index (χ3v) is 5.16. The summed E-state index contributed by atoms with van der Waals surface area (Å²) in [5.74, 6) is 1.08. The van der Waals surface area contributed by atoms with Crippen molar-refractivity contribution in [1.29, 1.82) is 0 Å². The third-order valence-electron chi connectivity index (χ3n) is 5.16. The lowest BCUT2D eigenvalue weighted by Gasteiger charge is -2.38. The number of aliphatic hydroxyl groups is 1. The molecule has 4 atom stereocenters. The van der Waals surface area contributed by atoms with E-state index < -0.39 is 5.60 Å². The average molecular weight is 768 g/mol. The minimum absolute atomic E-state index is 0. The number of rotatable bonds is 5. The molecule has 0 amide bonds. The van der Waals surface area contributed by atoms with Crippen molar-refractivity contribution in [2.75, 3.05) is 13.2 Å². The van der Waals surface area contributed by atoms with Crippen LogP contribution in [0.5, 0.6) is 0 Å². The summed E-state index contributed by atoms with van der Waals surface area (Å²) < 4.78 is 16.6. The molecule has 2 fully saturated rings. The minimum atomic E-state index is -0.488. The second-order valence-electron chi connectivity index (χ2n) is 9.69. The molecule has 5 nitrogen and oxygen atoms in total. The van der Waals surface area contributed by atoms with Crippen LogP contribution in [-0.4, -0.2) is 47.7 Å². The first-order chi connectivity index (χ1) is 13.4. The number of hydrogen-bond donors (Lipinski definition) is 1. The van der Waals surface area contributed by atoms with Crippen LogP contribution in [0.3, 0.4) is 0 Å². The molecular formula is C22H43I3O5. The first-order valence-electron chi connectivity index (χ1n) is 10.7. The summed E-state index contributed by atoms with van der Waals surface area (Å²) in [6.07, 6.45) is 5.82. The second kappa shape index (κ2) is 17.0. The summed E-state index contributed by atoms with van der Waals surface area (Å²) in [6.45, 7) is 15.5. The van der Waals surface area contributed by atoms with E-state index in [9.17, 15) is 9.90 Å². The van der Waals surface area contributed by atoms with Crippen molar-refractivity contribution >= 4 is 67.2 Å². The first-order valence-corrected chi connectivity index (χ1v) is 17.0. The zero-order chi connectivity index (χ0) is 22.7. The molecule has 2 aliphatic heterocycles. The maximum atomic E-state index is 11.0. The normalized spacial score (nSPS) is 30.9. The lowest BCUT2D eigenvalue weighted by Crippen LogP contribution is -2.42. The smallest absolute Gasteiger partial charge is 0.303 e. The molecule has 0 aliphatic carbocycles. The molecular weight excluding hydrogens is 725 g/mol. The van der Waals surface area contributed by atoms with Crippen molar-refractivity contribution in [3.8, 4) is 0 Å². The number of halogens is 3. The van der Waals surface area contributed by atoms with Crippen LogP contribution in [0.25, 0.3) is 0 Å². The first kappa shape index (κ1) is 33.7. The summed E-state index contributed by atoms with van der Waals surface area (Å²) in [5, 5.41) is 9.78. The highest BCUT2D eigenvalue weighted by molar-refractivity contribution is 15.0. The number of ether oxygens (including phenoxy) is 3. The lowest BCUT2D eigenvalue weighted by atomic mass is 9.88. The van der Waals surface area contributed by atoms with Crippen LogP contribution in [0, 0.1) is 11.8 Å². The molecule has 2 rings (SSSR count). The van der Waals surface area contributed by atoms with Crippen molar-refractivity contribution in [3.63, 3.8) is 0 Å². The molecule has 0 saturated carbocycles. The summed E-state index contributed by atoms with van der Waals surface area (Å²) in [6, 6.07) is 0. The molecule has 0 radical (unpaired) electrons. The van der Waals surface area contributed by atoms with Gasteiger partial charge in [0, 0.05) is 70.0 Å². The fourth-order valence-electron chi connectivity index (χ4n) is 3.98. The number of esters is 1. The van der Waals surface area contributed by atoms with Gasteiger partial charge in [-0.15, -0.1) is 24.0 Å². The predicted molar refractivity (Wildman–Crippen MR) is 151 cm³/mol. The summed E-state index contributed by atoms with van der Waals surface area (Å²) in [5.41, 5.74) is -0.804. The Morgan fingerprint density at radius 1 is 1.00 bits per heavy atom. The van der Waals surface area contributed by atoms with Crippen molar-refractivity contribution in [1.82, 2.24) is 0 Å². The van der Waals surface area contributed by atoms with Crippen molar-refractivity contribution < 1.29 is 24.1 Å². The van der Waals surface area contributed by atoms with Crippen LogP contribution in [-0.2, 0) is 19.0 Å². The summed E-state index contributed by atoms with van der Waals surface area (Å²) >= 11 is 4.24. The van der Waals surface area contributed by atoms with Gasteiger partial charge in [0.2, 0.25) is 0 Å². The van der Waals surface area contributed by atoms with Gasteiger partial charge in [-0.05, 0) is 44.9 Å². The Kier molecular flexibility index (Phi) is 19.2. The van der Waals surface area contributed by atoms with Crippen LogP contribution in [0.1, 0.15) is 87.0 Å². The SMILES string of the molecule is CC(=O)OC1(C)CCOC(CC(C)C)C1.CC(C)CC1CC(C)(O)CCO1.I.II. The molecule has 182 valence electrons. The van der Waals surface area contributed by atoms with Crippen LogP contribution < -0.4 is 0 Å². The van der Waals surface area contributed by atoms with Gasteiger partial charge in [-0.2, -0.15) is 0 Å². The fourth-order valence-corrected chi connectivity index (χ4v) is 3.98. The van der Waals surface area contributed by atoms with Crippen LogP contribution in [0.15, 0.2) is 0 Å². The van der Waals surface area contributed by atoms with Gasteiger partial charge in [0.25, 0.3) is 0 Å². The number of hydrogen-bond acceptors (Lipinski definition) is 5. The Balaban J connectivity index is 0. The molecule has 0 aromatic rings. The average Bonchev–Trinajstić information content (AvgIpc) is 2.54. The summed E-state index contributed by atoms with van der Waals surface area (Å²) in [7, 11) is 0. The van der Waals surface area contributed by atoms with Gasteiger partial charge in [0.05, 0.1) is 24.4 Å². The molecule has 0 bridgehead atoms. The van der Waals surface area contributed by atoms with E-state index in [4.69, 9.17) is 14.2 Å². The Morgan fingerprint density at radius 2 is 1.43 bits per heavy atom. The van der Waals surface area contributed by atoms with Crippen LogP contribution >= 0.6 is 61.2 Å². The highest BCUT2D eigenvalue weighted by atomic mass is 128. The second-order valence-corrected chi connectivity index (χ2v) is 9.69. The molecule has 30 heavy (non-hydrogen) atoms. The Labute approximate surface area is 224 Å². The van der Waals surface area contributed by atoms with Crippen LogP contribution in [0.4, 0.5) is 0 Å². The van der Waals surface area contributed by atoms with Crippen molar-refractivity contribution in [2.45, 2.75) is 110 Å². The maximum Gasteiger partial charge on any atom is 0.303 e. The Morgan fingerprint density at radius 3 is 1.83 bits per heavy atom. The molecule has 8 heteroatoms. The molecule has 1 N–H and O–H groups in total. The van der Waals surface area contributed by atoms with Crippen molar-refractivity contribution in [2.24, 2.45) is 11.8 Å². The van der Waals surface area contributed by atoms with Crippen LogP contribution in [0.2, 0.25) is 0 Å². The van der Waals surface area contributed by atoms with Gasteiger partial charge in [-0.25, -0.2) is 0 Å². The fraction of sp³-hybridized carbons (Fsp3) is 0.955. The van der Waals surface area contributed by atoms with E-state index in [1.807, 2.05) is 13.8 Å². The number of carbonyl (C=O) groups excluding carboxylic acids is 1. The van der Waals surface area contributed by atoms with Gasteiger partial charge in [-0.1, -0.05) is 27.7 Å². The van der Waals surface area contributed by atoms with E-state index in [1.165, 1.54) is 6.92 Å². The molecule has 2 aliphatic rings. The highest BCUT2D eigenvalue weighted by Crippen LogP contribution is 2.31. The van der Waals surface area contributed by atoms with E-state index in [0.29, 0.717) is 25.0 Å². The highest BCUT2D eigenvalue weighted by Gasteiger charge is 2.35. The summed E-state index contributed by atoms with van der Waals surface area (Å²) in [4.78, 5) is 11.0. The van der Waals surface area contributed by atoms with E-state index in [1.54, 1.807) is 0 Å². The molecule has 0 aromatic heterocycles. The van der Waals surface area contributed by atoms with E-state index in [2.05, 4.69) is 64.9 Å². The topological polar surface area (TPSA) is 65.0 Å². The third kappa shape index (κ3) is 16.2. The maximum absolute atomic E-state index is 11.0. The predicted octanol–water partition coefficient (Wildman–Crippen LogP) is 6.89. The monoisotopic (exact) mass is 768 g/mol. The van der Waals surface area contributed by atoms with E-state index in [0.717, 1.165) is 38.5 Å². The Bertz CT molecular complexity index is 460. The lowest BCUT2D eigenvalue weighted by molar-refractivity contribution is -0.170. The largest absolute Gasteiger partial charge is 0.459 e. The zero-order valence-electron chi connectivity index (χ0n) is 19.7. The Hall–Kier alpha value is 1.54. The van der Waals surface area contributed by atoms with Gasteiger partial charge in [-0.3, -0.25) is 4.79 Å². The standard InChI is InChI=1S/C12H22O3.C10H20O2.I2.HI/c1-9(2)7-11-8-12(4,5-6-14-11)15-10(3)13;1-8(2)6-9-7-10(3,11)4-5-12-9;1-2;/h9,11H,5-8H2,1-4H3;8-9,11H,4-7H2,1-3H3;;1H. The molecule has 0 aromatic carbocycles.